The van der Waals surface area contributed by atoms with Crippen molar-refractivity contribution in [2.75, 3.05) is 19.6 Å². The maximum atomic E-state index is 12.2. The van der Waals surface area contributed by atoms with Gasteiger partial charge in [-0.1, -0.05) is 23.8 Å². The molecule has 0 radical (unpaired) electrons. The molecule has 0 aliphatic carbocycles. The molecule has 1 fully saturated rings. The van der Waals surface area contributed by atoms with Gasteiger partial charge in [0.05, 0.1) is 6.42 Å². The van der Waals surface area contributed by atoms with Gasteiger partial charge >= 0.3 is 0 Å². The smallest absolute Gasteiger partial charge is 0.227 e. The molecule has 1 atom stereocenters. The largest absolute Gasteiger partial charge is 0.342 e. The first kappa shape index (κ1) is 16.0. The van der Waals surface area contributed by atoms with Gasteiger partial charge in [-0.15, -0.1) is 12.4 Å². The molecule has 1 aliphatic heterocycles. The SMILES string of the molecule is Cc1ccc(C)c(CC(=O)N2CCC(CN)C2)c1.Cl. The van der Waals surface area contributed by atoms with Crippen LogP contribution in [0, 0.1) is 19.8 Å². The van der Waals surface area contributed by atoms with E-state index >= 15 is 0 Å². The van der Waals surface area contributed by atoms with Crippen molar-refractivity contribution in [2.24, 2.45) is 11.7 Å². The van der Waals surface area contributed by atoms with Gasteiger partial charge in [0.25, 0.3) is 0 Å². The van der Waals surface area contributed by atoms with Crippen LogP contribution < -0.4 is 5.73 Å². The quantitative estimate of drug-likeness (QED) is 0.923. The molecule has 3 nitrogen and oxygen atoms in total. The minimum atomic E-state index is 0. The summed E-state index contributed by atoms with van der Waals surface area (Å²) >= 11 is 0. The highest BCUT2D eigenvalue weighted by Crippen LogP contribution is 2.18. The second-order valence-electron chi connectivity index (χ2n) is 5.34. The number of carbonyl (C=O) groups is 1. The second kappa shape index (κ2) is 6.92. The molecule has 1 aliphatic rings. The summed E-state index contributed by atoms with van der Waals surface area (Å²) in [5.74, 6) is 0.729. The highest BCUT2D eigenvalue weighted by Gasteiger charge is 2.25. The highest BCUT2D eigenvalue weighted by atomic mass is 35.5. The summed E-state index contributed by atoms with van der Waals surface area (Å²) in [5.41, 5.74) is 9.21. The highest BCUT2D eigenvalue weighted by molar-refractivity contribution is 5.85. The Balaban J connectivity index is 0.00000180. The number of halogens is 1. The molecule has 1 aromatic carbocycles. The van der Waals surface area contributed by atoms with Gasteiger partial charge in [0, 0.05) is 13.1 Å². The van der Waals surface area contributed by atoms with Crippen molar-refractivity contribution in [2.45, 2.75) is 26.7 Å². The van der Waals surface area contributed by atoms with Crippen LogP contribution in [0.5, 0.6) is 0 Å². The number of carbonyl (C=O) groups excluding carboxylic acids is 1. The van der Waals surface area contributed by atoms with Crippen molar-refractivity contribution in [1.29, 1.82) is 0 Å². The number of aryl methyl sites for hydroxylation is 2. The first-order valence-electron chi connectivity index (χ1n) is 6.64. The molecule has 1 heterocycles. The van der Waals surface area contributed by atoms with E-state index in [9.17, 15) is 4.79 Å². The van der Waals surface area contributed by atoms with Crippen LogP contribution in [-0.4, -0.2) is 30.4 Å². The normalized spacial score (nSPS) is 18.3. The van der Waals surface area contributed by atoms with E-state index in [-0.39, 0.29) is 18.3 Å². The lowest BCUT2D eigenvalue weighted by Gasteiger charge is -2.17. The predicted molar refractivity (Wildman–Crippen MR) is 80.6 cm³/mol. The van der Waals surface area contributed by atoms with Crippen LogP contribution in [0.3, 0.4) is 0 Å². The van der Waals surface area contributed by atoms with Crippen LogP contribution in [0.2, 0.25) is 0 Å². The molecule has 1 aromatic rings. The van der Waals surface area contributed by atoms with Crippen LogP contribution in [0.4, 0.5) is 0 Å². The van der Waals surface area contributed by atoms with E-state index in [1.807, 2.05) is 4.90 Å². The molecule has 4 heteroatoms. The Hall–Kier alpha value is -1.06. The van der Waals surface area contributed by atoms with Crippen LogP contribution in [-0.2, 0) is 11.2 Å². The molecule has 0 aromatic heterocycles. The van der Waals surface area contributed by atoms with Crippen LogP contribution >= 0.6 is 12.4 Å². The first-order chi connectivity index (χ1) is 8.60. The van der Waals surface area contributed by atoms with Crippen LogP contribution in [0.1, 0.15) is 23.1 Å². The molecule has 1 amide bonds. The zero-order chi connectivity index (χ0) is 13.1. The molecule has 1 unspecified atom stereocenters. The van der Waals surface area contributed by atoms with E-state index < -0.39 is 0 Å². The Morgan fingerprint density at radius 2 is 2.16 bits per heavy atom. The summed E-state index contributed by atoms with van der Waals surface area (Å²) in [6, 6.07) is 6.29. The summed E-state index contributed by atoms with van der Waals surface area (Å²) < 4.78 is 0. The van der Waals surface area contributed by atoms with Crippen molar-refractivity contribution in [1.82, 2.24) is 4.90 Å². The first-order valence-corrected chi connectivity index (χ1v) is 6.64. The fraction of sp³-hybridized carbons (Fsp3) is 0.533. The number of benzene rings is 1. The molecule has 1 saturated heterocycles. The van der Waals surface area contributed by atoms with Crippen LogP contribution in [0.15, 0.2) is 18.2 Å². The van der Waals surface area contributed by atoms with Gasteiger partial charge in [-0.3, -0.25) is 4.79 Å². The lowest BCUT2D eigenvalue weighted by Crippen LogP contribution is -2.31. The van der Waals surface area contributed by atoms with E-state index in [0.717, 1.165) is 25.1 Å². The average Bonchev–Trinajstić information content (AvgIpc) is 2.82. The summed E-state index contributed by atoms with van der Waals surface area (Å²) in [6.45, 7) is 6.52. The van der Waals surface area contributed by atoms with Crippen LogP contribution in [0.25, 0.3) is 0 Å². The van der Waals surface area contributed by atoms with E-state index in [2.05, 4.69) is 32.0 Å². The Labute approximate surface area is 121 Å². The van der Waals surface area contributed by atoms with E-state index in [1.165, 1.54) is 11.1 Å². The van der Waals surface area contributed by atoms with Gasteiger partial charge in [0.15, 0.2) is 0 Å². The number of nitrogens with zero attached hydrogens (tertiary/aromatic N) is 1. The lowest BCUT2D eigenvalue weighted by molar-refractivity contribution is -0.129. The van der Waals surface area contributed by atoms with Gasteiger partial charge in [-0.2, -0.15) is 0 Å². The molecule has 19 heavy (non-hydrogen) atoms. The maximum Gasteiger partial charge on any atom is 0.227 e. The second-order valence-corrected chi connectivity index (χ2v) is 5.34. The number of likely N-dealkylation sites (tertiary alicyclic amines) is 1. The predicted octanol–water partition coefficient (Wildman–Crippen LogP) is 2.07. The fourth-order valence-corrected chi connectivity index (χ4v) is 2.52. The lowest BCUT2D eigenvalue weighted by atomic mass is 10.0. The molecule has 0 saturated carbocycles. The minimum Gasteiger partial charge on any atom is -0.342 e. The van der Waals surface area contributed by atoms with Crippen molar-refractivity contribution in [3.8, 4) is 0 Å². The van der Waals surface area contributed by atoms with E-state index in [0.29, 0.717) is 18.9 Å². The Morgan fingerprint density at radius 3 is 2.79 bits per heavy atom. The van der Waals surface area contributed by atoms with Crippen molar-refractivity contribution in [3.63, 3.8) is 0 Å². The number of amides is 1. The van der Waals surface area contributed by atoms with Gasteiger partial charge in [0.1, 0.15) is 0 Å². The van der Waals surface area contributed by atoms with Crippen molar-refractivity contribution < 1.29 is 4.79 Å². The monoisotopic (exact) mass is 282 g/mol. The van der Waals surface area contributed by atoms with Gasteiger partial charge in [0.2, 0.25) is 5.91 Å². The standard InChI is InChI=1S/C15H22N2O.ClH/c1-11-3-4-12(2)14(7-11)8-15(18)17-6-5-13(9-16)10-17;/h3-4,7,13H,5-6,8-10,16H2,1-2H3;1H. The van der Waals surface area contributed by atoms with E-state index in [1.54, 1.807) is 0 Å². The third-order valence-electron chi connectivity index (χ3n) is 3.82. The fourth-order valence-electron chi connectivity index (χ4n) is 2.52. The van der Waals surface area contributed by atoms with Gasteiger partial charge in [-0.05, 0) is 43.9 Å². The Morgan fingerprint density at radius 1 is 1.42 bits per heavy atom. The topological polar surface area (TPSA) is 46.3 Å². The molecule has 2 rings (SSSR count). The summed E-state index contributed by atoms with van der Waals surface area (Å²) in [5, 5.41) is 0. The molecule has 0 bridgehead atoms. The molecule has 2 N–H and O–H groups in total. The summed E-state index contributed by atoms with van der Waals surface area (Å²) in [7, 11) is 0. The summed E-state index contributed by atoms with van der Waals surface area (Å²) in [4.78, 5) is 14.2. The Kier molecular flexibility index (Phi) is 5.83. The number of hydrogen-bond donors (Lipinski definition) is 1. The Bertz CT molecular complexity index is 448. The zero-order valence-corrected chi connectivity index (χ0v) is 12.5. The summed E-state index contributed by atoms with van der Waals surface area (Å²) in [6.07, 6.45) is 1.57. The molecule has 106 valence electrons. The third kappa shape index (κ3) is 3.95. The molecular weight excluding hydrogens is 260 g/mol. The third-order valence-corrected chi connectivity index (χ3v) is 3.82. The number of nitrogens with two attached hydrogens (primary N) is 1. The van der Waals surface area contributed by atoms with Crippen molar-refractivity contribution in [3.05, 3.63) is 34.9 Å². The zero-order valence-electron chi connectivity index (χ0n) is 11.7. The molecule has 0 spiro atoms. The molecular formula is C15H23ClN2O. The average molecular weight is 283 g/mol. The maximum absolute atomic E-state index is 12.2. The van der Waals surface area contributed by atoms with Gasteiger partial charge in [-0.25, -0.2) is 0 Å². The number of hydrogen-bond acceptors (Lipinski definition) is 2. The minimum absolute atomic E-state index is 0. The van der Waals surface area contributed by atoms with E-state index in [4.69, 9.17) is 5.73 Å². The van der Waals surface area contributed by atoms with Crippen molar-refractivity contribution >= 4 is 18.3 Å². The number of rotatable bonds is 3. The van der Waals surface area contributed by atoms with Gasteiger partial charge < -0.3 is 10.6 Å².